The maximum atomic E-state index is 14.1. The molecule has 0 saturated heterocycles. The topological polar surface area (TPSA) is 145 Å². The lowest BCUT2D eigenvalue weighted by Crippen LogP contribution is -2.57. The number of nitrogens with one attached hydrogen (secondary N) is 2. The van der Waals surface area contributed by atoms with Crippen molar-refractivity contribution in [3.63, 3.8) is 0 Å². The van der Waals surface area contributed by atoms with Crippen molar-refractivity contribution in [2.75, 3.05) is 11.6 Å². The van der Waals surface area contributed by atoms with Crippen molar-refractivity contribution in [1.82, 2.24) is 9.62 Å². The second-order valence-corrected chi connectivity index (χ2v) is 15.2. The van der Waals surface area contributed by atoms with E-state index in [1.54, 1.807) is 17.0 Å². The molecule has 0 radical (unpaired) electrons. The number of sulfonamides is 2. The van der Waals surface area contributed by atoms with Gasteiger partial charge in [-0.25, -0.2) is 17.5 Å². The second-order valence-electron chi connectivity index (χ2n) is 10.9. The van der Waals surface area contributed by atoms with E-state index >= 15 is 0 Å². The van der Waals surface area contributed by atoms with E-state index < -0.39 is 26.0 Å². The summed E-state index contributed by atoms with van der Waals surface area (Å²) < 4.78 is 69.7. The van der Waals surface area contributed by atoms with E-state index in [2.05, 4.69) is 14.4 Å². The van der Waals surface area contributed by atoms with Crippen molar-refractivity contribution in [3.8, 4) is 0 Å². The van der Waals surface area contributed by atoms with E-state index in [1.165, 1.54) is 17.5 Å². The Morgan fingerprint density at radius 1 is 1.18 bits per heavy atom. The van der Waals surface area contributed by atoms with Gasteiger partial charge in [-0.15, -0.1) is 15.7 Å². The number of hydrogen-bond donors (Lipinski definition) is 3. The Kier molecular flexibility index (Phi) is 6.79. The fourth-order valence-corrected chi connectivity index (χ4v) is 9.72. The van der Waals surface area contributed by atoms with Crippen molar-refractivity contribution in [1.29, 1.82) is 0 Å². The number of amides is 1. The summed E-state index contributed by atoms with van der Waals surface area (Å²) in [6.07, 6.45) is 5.65. The number of halogens is 1. The van der Waals surface area contributed by atoms with Gasteiger partial charge in [0.05, 0.1) is 6.26 Å². The van der Waals surface area contributed by atoms with Gasteiger partial charge < -0.3 is 15.3 Å². The van der Waals surface area contributed by atoms with Gasteiger partial charge in [0.25, 0.3) is 15.9 Å². The Hall–Kier alpha value is -2.81. The van der Waals surface area contributed by atoms with Crippen LogP contribution >= 0.6 is 11.3 Å². The van der Waals surface area contributed by atoms with Gasteiger partial charge in [0.1, 0.15) is 27.0 Å². The summed E-state index contributed by atoms with van der Waals surface area (Å²) in [7, 11) is -7.89. The van der Waals surface area contributed by atoms with Gasteiger partial charge in [-0.1, -0.05) is 18.6 Å². The van der Waals surface area contributed by atoms with Crippen LogP contribution in [0.2, 0.25) is 0 Å². The van der Waals surface area contributed by atoms with E-state index in [0.717, 1.165) is 55.3 Å². The van der Waals surface area contributed by atoms with Gasteiger partial charge in [-0.2, -0.15) is 8.42 Å². The molecule has 214 valence electrons. The van der Waals surface area contributed by atoms with Crippen LogP contribution in [0.1, 0.15) is 43.2 Å². The molecule has 3 heterocycles. The van der Waals surface area contributed by atoms with Crippen LogP contribution < -0.4 is 10.0 Å². The Labute approximate surface area is 236 Å². The number of thiophene rings is 1. The summed E-state index contributed by atoms with van der Waals surface area (Å²) in [5.74, 6) is -1.34. The third-order valence-corrected chi connectivity index (χ3v) is 11.5. The first kappa shape index (κ1) is 27.4. The van der Waals surface area contributed by atoms with Crippen LogP contribution in [0.15, 0.2) is 50.3 Å². The van der Waals surface area contributed by atoms with E-state index in [9.17, 15) is 31.1 Å². The van der Waals surface area contributed by atoms with Crippen molar-refractivity contribution < 1.29 is 31.1 Å². The molecular weight excluding hydrogens is 580 g/mol. The number of fused-ring (bicyclic) bond motifs is 4. The summed E-state index contributed by atoms with van der Waals surface area (Å²) in [6, 6.07) is 5.66. The molecule has 2 bridgehead atoms. The smallest absolute Gasteiger partial charge is 0.287 e. The van der Waals surface area contributed by atoms with Gasteiger partial charge in [-0.05, 0) is 60.6 Å². The molecule has 2 aliphatic heterocycles. The molecule has 1 aromatic carbocycles. The molecule has 2 aromatic rings. The van der Waals surface area contributed by atoms with Crippen LogP contribution in [0, 0.1) is 23.6 Å². The molecule has 4 atom stereocenters. The van der Waals surface area contributed by atoms with Gasteiger partial charge in [0.15, 0.2) is 5.84 Å². The normalized spacial score (nSPS) is 27.5. The molecule has 0 spiro atoms. The monoisotopic (exact) mass is 608 g/mol. The minimum atomic E-state index is -4.33. The number of aliphatic hydroxyl groups excluding tert-OH is 1. The van der Waals surface area contributed by atoms with Crippen molar-refractivity contribution >= 4 is 48.1 Å². The van der Waals surface area contributed by atoms with Crippen LogP contribution in [0.5, 0.6) is 0 Å². The van der Waals surface area contributed by atoms with E-state index in [-0.39, 0.29) is 75.3 Å². The molecule has 10 nitrogen and oxygen atoms in total. The quantitative estimate of drug-likeness (QED) is 0.455. The molecule has 3 N–H and O–H groups in total. The van der Waals surface area contributed by atoms with Gasteiger partial charge in [0, 0.05) is 30.6 Å². The lowest BCUT2D eigenvalue weighted by molar-refractivity contribution is -0.136. The lowest BCUT2D eigenvalue weighted by Gasteiger charge is -2.49. The number of benzene rings is 1. The predicted octanol–water partition coefficient (Wildman–Crippen LogP) is 3.50. The Morgan fingerprint density at radius 2 is 1.88 bits per heavy atom. The number of rotatable bonds is 6. The number of anilines is 1. The largest absolute Gasteiger partial charge is 0.511 e. The molecule has 14 heteroatoms. The third-order valence-electron chi connectivity index (χ3n) is 8.37. The highest BCUT2D eigenvalue weighted by molar-refractivity contribution is 7.91. The zero-order valence-corrected chi connectivity index (χ0v) is 24.1. The summed E-state index contributed by atoms with van der Waals surface area (Å²) in [5.41, 5.74) is 0.784. The molecule has 3 saturated carbocycles. The van der Waals surface area contributed by atoms with Crippen molar-refractivity contribution in [3.05, 3.63) is 57.9 Å². The Balaban J connectivity index is 1.42. The molecule has 5 aliphatic rings. The fraction of sp³-hybridized carbons (Fsp3) is 0.462. The minimum absolute atomic E-state index is 0.134. The zero-order valence-electron chi connectivity index (χ0n) is 21.6. The Bertz CT molecular complexity index is 1650. The standard InChI is InChI=1S/C26H29FN4O6S3/c1-39(34,35)28-11-17-13-38-25-23(17)40(36,37)30-24(29-25)20-22(32)19-15-3-2-4-16(8-7-15)21(19)31(26(20)33)12-14-5-9-18(27)10-6-14/h5-6,9-10,13,15-16,19,21,28,32H,2-4,7-8,11-12H2,1H3,(H,29,30). The van der Waals surface area contributed by atoms with Crippen LogP contribution in [0.4, 0.5) is 9.39 Å². The minimum Gasteiger partial charge on any atom is -0.511 e. The van der Waals surface area contributed by atoms with Gasteiger partial charge in [0.2, 0.25) is 10.0 Å². The summed E-state index contributed by atoms with van der Waals surface area (Å²) in [6.45, 7) is -0.0482. The molecule has 4 unspecified atom stereocenters. The lowest BCUT2D eigenvalue weighted by atomic mass is 9.67. The number of nitrogens with zero attached hydrogens (tertiary/aromatic N) is 2. The van der Waals surface area contributed by atoms with Crippen LogP contribution in [-0.2, 0) is 37.9 Å². The third kappa shape index (κ3) is 4.84. The highest BCUT2D eigenvalue weighted by atomic mass is 32.2. The van der Waals surface area contributed by atoms with Crippen molar-refractivity contribution in [2.24, 2.45) is 22.2 Å². The molecule has 3 aliphatic carbocycles. The number of amidine groups is 1. The molecule has 40 heavy (non-hydrogen) atoms. The fourth-order valence-electron chi connectivity index (χ4n) is 6.69. The second kappa shape index (κ2) is 9.93. The molecule has 1 aromatic heterocycles. The molecule has 7 rings (SSSR count). The van der Waals surface area contributed by atoms with E-state index in [1.807, 2.05) is 0 Å². The average Bonchev–Trinajstić information content (AvgIpc) is 3.05. The first-order valence-corrected chi connectivity index (χ1v) is 17.3. The molecule has 1 amide bonds. The Morgan fingerprint density at radius 3 is 2.60 bits per heavy atom. The number of carbonyl (C=O) groups excluding carboxylic acids is 1. The number of aliphatic hydroxyl groups is 1. The van der Waals surface area contributed by atoms with E-state index in [0.29, 0.717) is 0 Å². The van der Waals surface area contributed by atoms with Gasteiger partial charge in [-0.3, -0.25) is 4.79 Å². The summed E-state index contributed by atoms with van der Waals surface area (Å²) in [4.78, 5) is 15.7. The maximum Gasteiger partial charge on any atom is 0.287 e. The number of hydrogen-bond acceptors (Lipinski definition) is 8. The molecule has 3 fully saturated rings. The van der Waals surface area contributed by atoms with Crippen LogP contribution in [-0.4, -0.2) is 50.9 Å². The maximum absolute atomic E-state index is 14.1. The van der Waals surface area contributed by atoms with Crippen LogP contribution in [0.25, 0.3) is 0 Å². The highest BCUT2D eigenvalue weighted by Crippen LogP contribution is 2.51. The van der Waals surface area contributed by atoms with Crippen molar-refractivity contribution in [2.45, 2.75) is 56.1 Å². The first-order chi connectivity index (χ1) is 18.9. The summed E-state index contributed by atoms with van der Waals surface area (Å²) in [5, 5.41) is 16.3. The molecular formula is C26H29FN4O6S3. The first-order valence-electron chi connectivity index (χ1n) is 13.1. The zero-order chi connectivity index (χ0) is 28.4. The average molecular weight is 609 g/mol. The SMILES string of the molecule is CS(=O)(=O)NCc1csc2c1S(=O)(=O)N=C(C1=C(O)C3C4CCCC(CC4)C3N(Cc3ccc(F)cc3)C1=O)N2. The summed E-state index contributed by atoms with van der Waals surface area (Å²) >= 11 is 1.05. The van der Waals surface area contributed by atoms with E-state index in [4.69, 9.17) is 0 Å². The number of carbonyl (C=O) groups is 1. The highest BCUT2D eigenvalue weighted by Gasteiger charge is 2.53. The van der Waals surface area contributed by atoms with Gasteiger partial charge >= 0.3 is 0 Å². The van der Waals surface area contributed by atoms with Crippen LogP contribution in [0.3, 0.4) is 0 Å². The predicted molar refractivity (Wildman–Crippen MR) is 148 cm³/mol.